The molecule has 1 aromatic carbocycles. The Labute approximate surface area is 92.6 Å². The molecule has 0 aromatic heterocycles. The molecule has 4 nitrogen and oxygen atoms in total. The van der Waals surface area contributed by atoms with E-state index in [-0.39, 0.29) is 6.54 Å². The molecular weight excluding hydrogens is 216 g/mol. The summed E-state index contributed by atoms with van der Waals surface area (Å²) < 4.78 is 0. The van der Waals surface area contributed by atoms with Crippen LogP contribution in [0.25, 0.3) is 0 Å². The third-order valence-corrected chi connectivity index (χ3v) is 2.16. The molecular formula is C10H11ClN2O2. The van der Waals surface area contributed by atoms with Gasteiger partial charge >= 0.3 is 0 Å². The molecule has 0 heterocycles. The van der Waals surface area contributed by atoms with Gasteiger partial charge in [0.2, 0.25) is 5.91 Å². The van der Waals surface area contributed by atoms with Gasteiger partial charge in [0.05, 0.1) is 6.54 Å². The second kappa shape index (κ2) is 4.79. The molecule has 0 spiro atoms. The summed E-state index contributed by atoms with van der Waals surface area (Å²) in [6, 6.07) is 4.87. The standard InChI is InChI=1S/C10H11ClN2O2/c1-13(5-10(12)15)9-3-2-8(11)4-7(9)6-14/h2-4,6H,5H2,1H3,(H2,12,15). The SMILES string of the molecule is CN(CC(N)=O)c1ccc(Cl)cc1C=O. The lowest BCUT2D eigenvalue weighted by Crippen LogP contribution is -2.31. The van der Waals surface area contributed by atoms with Crippen LogP contribution in [-0.4, -0.2) is 25.8 Å². The Balaban J connectivity index is 3.02. The van der Waals surface area contributed by atoms with Crippen LogP contribution in [0, 0.1) is 0 Å². The average molecular weight is 227 g/mol. The van der Waals surface area contributed by atoms with Crippen molar-refractivity contribution in [1.82, 2.24) is 0 Å². The smallest absolute Gasteiger partial charge is 0.236 e. The van der Waals surface area contributed by atoms with E-state index in [0.717, 1.165) is 0 Å². The number of primary amides is 1. The van der Waals surface area contributed by atoms with E-state index >= 15 is 0 Å². The van der Waals surface area contributed by atoms with E-state index in [1.807, 2.05) is 0 Å². The number of aldehydes is 1. The zero-order chi connectivity index (χ0) is 11.4. The van der Waals surface area contributed by atoms with Crippen LogP contribution in [0.2, 0.25) is 5.02 Å². The lowest BCUT2D eigenvalue weighted by Gasteiger charge is -2.19. The quantitative estimate of drug-likeness (QED) is 0.782. The van der Waals surface area contributed by atoms with E-state index in [2.05, 4.69) is 0 Å². The Kier molecular flexibility index (Phi) is 3.68. The molecule has 0 saturated carbocycles. The topological polar surface area (TPSA) is 63.4 Å². The van der Waals surface area contributed by atoms with E-state index in [1.165, 1.54) is 0 Å². The number of carbonyl (C=O) groups excluding carboxylic acids is 2. The Morgan fingerprint density at radius 2 is 2.27 bits per heavy atom. The minimum atomic E-state index is -0.454. The van der Waals surface area contributed by atoms with Crippen molar-refractivity contribution in [2.45, 2.75) is 0 Å². The average Bonchev–Trinajstić information content (AvgIpc) is 2.16. The van der Waals surface area contributed by atoms with Crippen molar-refractivity contribution in [2.24, 2.45) is 5.73 Å². The fourth-order valence-electron chi connectivity index (χ4n) is 1.29. The molecule has 0 radical (unpaired) electrons. The van der Waals surface area contributed by atoms with Gasteiger partial charge in [0.15, 0.2) is 6.29 Å². The molecule has 0 atom stereocenters. The van der Waals surface area contributed by atoms with Crippen LogP contribution in [-0.2, 0) is 4.79 Å². The summed E-state index contributed by atoms with van der Waals surface area (Å²) in [7, 11) is 1.68. The first-order chi connectivity index (χ1) is 7.04. The highest BCUT2D eigenvalue weighted by Gasteiger charge is 2.09. The predicted molar refractivity (Wildman–Crippen MR) is 59.3 cm³/mol. The number of nitrogens with two attached hydrogens (primary N) is 1. The number of amides is 1. The molecule has 5 heteroatoms. The number of hydrogen-bond donors (Lipinski definition) is 1. The number of hydrogen-bond acceptors (Lipinski definition) is 3. The maximum atomic E-state index is 10.8. The molecule has 2 N–H and O–H groups in total. The minimum absolute atomic E-state index is 0.0580. The first-order valence-corrected chi connectivity index (χ1v) is 4.66. The van der Waals surface area contributed by atoms with Crippen LogP contribution in [0.15, 0.2) is 18.2 Å². The van der Waals surface area contributed by atoms with Gasteiger partial charge in [0, 0.05) is 23.3 Å². The molecule has 80 valence electrons. The fourth-order valence-corrected chi connectivity index (χ4v) is 1.47. The number of benzene rings is 1. The summed E-state index contributed by atoms with van der Waals surface area (Å²) in [6.45, 7) is 0.0580. The molecule has 1 aromatic rings. The maximum Gasteiger partial charge on any atom is 0.236 e. The number of anilines is 1. The molecule has 0 saturated heterocycles. The van der Waals surface area contributed by atoms with Crippen molar-refractivity contribution in [3.05, 3.63) is 28.8 Å². The van der Waals surface area contributed by atoms with Crippen LogP contribution in [0.5, 0.6) is 0 Å². The summed E-state index contributed by atoms with van der Waals surface area (Å²) in [6.07, 6.45) is 0.693. The van der Waals surface area contributed by atoms with Crippen LogP contribution >= 0.6 is 11.6 Å². The maximum absolute atomic E-state index is 10.8. The normalized spacial score (nSPS) is 9.73. The van der Waals surface area contributed by atoms with Gasteiger partial charge in [0.1, 0.15) is 0 Å². The second-order valence-electron chi connectivity index (χ2n) is 3.14. The number of likely N-dealkylation sites (N-methyl/N-ethyl adjacent to an activating group) is 1. The molecule has 15 heavy (non-hydrogen) atoms. The highest BCUT2D eigenvalue weighted by atomic mass is 35.5. The molecule has 0 aliphatic rings. The van der Waals surface area contributed by atoms with Crippen LogP contribution < -0.4 is 10.6 Å². The van der Waals surface area contributed by atoms with Crippen molar-refractivity contribution >= 4 is 29.5 Å². The summed E-state index contributed by atoms with van der Waals surface area (Å²) in [5, 5.41) is 0.480. The Morgan fingerprint density at radius 1 is 1.60 bits per heavy atom. The van der Waals surface area contributed by atoms with Gasteiger partial charge in [-0.25, -0.2) is 0 Å². The summed E-state index contributed by atoms with van der Waals surface area (Å²) in [5.41, 5.74) is 6.13. The first kappa shape index (κ1) is 11.5. The lowest BCUT2D eigenvalue weighted by atomic mass is 10.2. The van der Waals surface area contributed by atoms with Gasteiger partial charge in [0.25, 0.3) is 0 Å². The molecule has 0 bridgehead atoms. The van der Waals surface area contributed by atoms with E-state index in [1.54, 1.807) is 30.1 Å². The zero-order valence-corrected chi connectivity index (χ0v) is 8.99. The van der Waals surface area contributed by atoms with Gasteiger partial charge < -0.3 is 10.6 Å². The third kappa shape index (κ3) is 2.95. The van der Waals surface area contributed by atoms with Gasteiger partial charge in [-0.3, -0.25) is 9.59 Å². The van der Waals surface area contributed by atoms with Crippen LogP contribution in [0.1, 0.15) is 10.4 Å². The third-order valence-electron chi connectivity index (χ3n) is 1.92. The zero-order valence-electron chi connectivity index (χ0n) is 8.24. The monoisotopic (exact) mass is 226 g/mol. The highest BCUT2D eigenvalue weighted by Crippen LogP contribution is 2.21. The summed E-state index contributed by atoms with van der Waals surface area (Å²) in [4.78, 5) is 23.1. The number of halogens is 1. The number of carbonyl (C=O) groups is 2. The van der Waals surface area contributed by atoms with Gasteiger partial charge in [-0.2, -0.15) is 0 Å². The van der Waals surface area contributed by atoms with Gasteiger partial charge in [-0.05, 0) is 18.2 Å². The fraction of sp³-hybridized carbons (Fsp3) is 0.200. The molecule has 0 aliphatic heterocycles. The highest BCUT2D eigenvalue weighted by molar-refractivity contribution is 6.31. The van der Waals surface area contributed by atoms with E-state index < -0.39 is 5.91 Å². The van der Waals surface area contributed by atoms with E-state index in [9.17, 15) is 9.59 Å². The molecule has 0 aliphatic carbocycles. The number of nitrogens with zero attached hydrogens (tertiary/aromatic N) is 1. The van der Waals surface area contributed by atoms with Crippen molar-refractivity contribution in [2.75, 3.05) is 18.5 Å². The van der Waals surface area contributed by atoms with Crippen molar-refractivity contribution in [1.29, 1.82) is 0 Å². The van der Waals surface area contributed by atoms with Crippen molar-refractivity contribution in [3.8, 4) is 0 Å². The first-order valence-electron chi connectivity index (χ1n) is 4.28. The van der Waals surface area contributed by atoms with Crippen molar-refractivity contribution < 1.29 is 9.59 Å². The van der Waals surface area contributed by atoms with Gasteiger partial charge in [-0.15, -0.1) is 0 Å². The van der Waals surface area contributed by atoms with Crippen LogP contribution in [0.4, 0.5) is 5.69 Å². The van der Waals surface area contributed by atoms with Crippen LogP contribution in [0.3, 0.4) is 0 Å². The molecule has 0 unspecified atom stereocenters. The molecule has 1 amide bonds. The summed E-state index contributed by atoms with van der Waals surface area (Å²) in [5.74, 6) is -0.454. The Bertz CT molecular complexity index is 393. The van der Waals surface area contributed by atoms with Gasteiger partial charge in [-0.1, -0.05) is 11.6 Å². The molecule has 0 fully saturated rings. The van der Waals surface area contributed by atoms with Crippen molar-refractivity contribution in [3.63, 3.8) is 0 Å². The summed E-state index contributed by atoms with van der Waals surface area (Å²) >= 11 is 5.74. The predicted octanol–water partition coefficient (Wildman–Crippen LogP) is 1.07. The lowest BCUT2D eigenvalue weighted by molar-refractivity contribution is -0.116. The Hall–Kier alpha value is -1.55. The largest absolute Gasteiger partial charge is 0.368 e. The Morgan fingerprint density at radius 3 is 2.80 bits per heavy atom. The minimum Gasteiger partial charge on any atom is -0.368 e. The second-order valence-corrected chi connectivity index (χ2v) is 3.58. The van der Waals surface area contributed by atoms with E-state index in [0.29, 0.717) is 22.6 Å². The molecule has 1 rings (SSSR count). The number of rotatable bonds is 4. The van der Waals surface area contributed by atoms with E-state index in [4.69, 9.17) is 17.3 Å².